The van der Waals surface area contributed by atoms with Gasteiger partial charge in [0.05, 0.1) is 31.3 Å². The molecule has 3 atom stereocenters. The van der Waals surface area contributed by atoms with Crippen molar-refractivity contribution < 1.29 is 24.2 Å². The Labute approximate surface area is 241 Å². The molecule has 1 saturated carbocycles. The van der Waals surface area contributed by atoms with Gasteiger partial charge in [0.15, 0.2) is 11.5 Å². The van der Waals surface area contributed by atoms with Crippen LogP contribution in [-0.2, 0) is 4.74 Å². The van der Waals surface area contributed by atoms with Gasteiger partial charge in [0.2, 0.25) is 0 Å². The molecule has 218 valence electrons. The highest BCUT2D eigenvalue weighted by Crippen LogP contribution is 2.41. The number of hydrogen-bond donors (Lipinski definition) is 2. The molecule has 3 aromatic rings. The molecule has 0 bridgehead atoms. The average Bonchev–Trinajstić information content (AvgIpc) is 3.43. The molecular weight excluding hydrogens is 520 g/mol. The van der Waals surface area contributed by atoms with Gasteiger partial charge in [-0.15, -0.1) is 0 Å². The number of imidazole rings is 1. The number of rotatable bonds is 10. The first-order valence-corrected chi connectivity index (χ1v) is 14.5. The number of nitrogens with zero attached hydrogens (tertiary/aromatic N) is 3. The molecule has 1 saturated heterocycles. The third kappa shape index (κ3) is 6.37. The van der Waals surface area contributed by atoms with E-state index in [9.17, 15) is 14.7 Å². The van der Waals surface area contributed by atoms with Gasteiger partial charge in [0.25, 0.3) is 5.91 Å². The summed E-state index contributed by atoms with van der Waals surface area (Å²) in [5.74, 6) is 0.505. The van der Waals surface area contributed by atoms with Gasteiger partial charge < -0.3 is 29.4 Å². The molecule has 5 rings (SSSR count). The van der Waals surface area contributed by atoms with Crippen LogP contribution in [0, 0.1) is 0 Å². The topological polar surface area (TPSA) is 106 Å². The molecule has 1 amide bonds. The van der Waals surface area contributed by atoms with E-state index in [1.165, 1.54) is 6.92 Å². The fourth-order valence-corrected chi connectivity index (χ4v) is 6.20. The molecule has 9 nitrogen and oxygen atoms in total. The van der Waals surface area contributed by atoms with Gasteiger partial charge in [-0.3, -0.25) is 9.59 Å². The van der Waals surface area contributed by atoms with Crippen molar-refractivity contribution in [1.29, 1.82) is 0 Å². The number of ether oxygens (including phenoxy) is 2. The number of aromatic nitrogens is 2. The van der Waals surface area contributed by atoms with E-state index in [1.807, 2.05) is 51.9 Å². The molecule has 2 aliphatic rings. The van der Waals surface area contributed by atoms with Crippen molar-refractivity contribution in [1.82, 2.24) is 19.8 Å². The minimum atomic E-state index is -1.04. The SMILES string of the molecule is COC[C@]1(O)CCCC[C@H]1n1cnc(C(=O)N2CCNC[C@H]2CCOc2cccc(C(C)=O)c2)c1-c1ccccc1. The smallest absolute Gasteiger partial charge is 0.275 e. The number of benzene rings is 2. The second kappa shape index (κ2) is 13.0. The first-order chi connectivity index (χ1) is 19.9. The van der Waals surface area contributed by atoms with E-state index in [-0.39, 0.29) is 30.4 Å². The number of carbonyl (C=O) groups is 2. The predicted octanol–water partition coefficient (Wildman–Crippen LogP) is 4.13. The summed E-state index contributed by atoms with van der Waals surface area (Å²) < 4.78 is 13.4. The largest absolute Gasteiger partial charge is 0.493 e. The maximum Gasteiger partial charge on any atom is 0.275 e. The zero-order chi connectivity index (χ0) is 28.8. The van der Waals surface area contributed by atoms with E-state index >= 15 is 0 Å². The van der Waals surface area contributed by atoms with Crippen molar-refractivity contribution >= 4 is 11.7 Å². The van der Waals surface area contributed by atoms with Crippen LogP contribution in [0.15, 0.2) is 60.9 Å². The average molecular weight is 561 g/mol. The lowest BCUT2D eigenvalue weighted by Crippen LogP contribution is -2.54. The van der Waals surface area contributed by atoms with E-state index in [4.69, 9.17) is 14.5 Å². The molecular formula is C32H40N4O5. The van der Waals surface area contributed by atoms with Crippen molar-refractivity contribution in [2.24, 2.45) is 0 Å². The van der Waals surface area contributed by atoms with Crippen LogP contribution in [0.25, 0.3) is 11.3 Å². The first-order valence-electron chi connectivity index (χ1n) is 14.5. The zero-order valence-electron chi connectivity index (χ0n) is 23.9. The summed E-state index contributed by atoms with van der Waals surface area (Å²) in [7, 11) is 1.61. The van der Waals surface area contributed by atoms with Crippen LogP contribution in [0.1, 0.15) is 65.9 Å². The molecule has 1 aliphatic heterocycles. The fourth-order valence-electron chi connectivity index (χ4n) is 6.20. The summed E-state index contributed by atoms with van der Waals surface area (Å²) in [5.41, 5.74) is 1.58. The Balaban J connectivity index is 1.40. The van der Waals surface area contributed by atoms with Crippen LogP contribution in [0.3, 0.4) is 0 Å². The molecule has 0 spiro atoms. The normalized spacial score (nSPS) is 22.9. The molecule has 2 heterocycles. The third-order valence-corrected chi connectivity index (χ3v) is 8.30. The summed E-state index contributed by atoms with van der Waals surface area (Å²) in [6.07, 6.45) is 5.68. The monoisotopic (exact) mass is 560 g/mol. The van der Waals surface area contributed by atoms with Crippen molar-refractivity contribution in [2.45, 2.75) is 56.7 Å². The van der Waals surface area contributed by atoms with Crippen LogP contribution in [0.5, 0.6) is 5.75 Å². The van der Waals surface area contributed by atoms with Crippen LogP contribution in [0.4, 0.5) is 0 Å². The van der Waals surface area contributed by atoms with Crippen molar-refractivity contribution in [3.05, 3.63) is 72.2 Å². The Hall–Kier alpha value is -3.53. The second-order valence-electron chi connectivity index (χ2n) is 11.1. The summed E-state index contributed by atoms with van der Waals surface area (Å²) in [6, 6.07) is 16.7. The minimum absolute atomic E-state index is 0.00811. The molecule has 2 aromatic carbocycles. The summed E-state index contributed by atoms with van der Waals surface area (Å²) in [4.78, 5) is 32.5. The molecule has 2 fully saturated rings. The van der Waals surface area contributed by atoms with Gasteiger partial charge in [-0.05, 0) is 31.9 Å². The first kappa shape index (κ1) is 29.0. The highest BCUT2D eigenvalue weighted by molar-refractivity contribution is 5.98. The molecule has 1 aliphatic carbocycles. The fraction of sp³-hybridized carbons (Fsp3) is 0.469. The van der Waals surface area contributed by atoms with Crippen LogP contribution in [0.2, 0.25) is 0 Å². The Morgan fingerprint density at radius 1 is 1.15 bits per heavy atom. The summed E-state index contributed by atoms with van der Waals surface area (Å²) in [5, 5.41) is 15.0. The highest BCUT2D eigenvalue weighted by Gasteiger charge is 2.42. The van der Waals surface area contributed by atoms with Gasteiger partial charge in [-0.2, -0.15) is 0 Å². The molecule has 0 unspecified atom stereocenters. The second-order valence-corrected chi connectivity index (χ2v) is 11.1. The number of hydrogen-bond acceptors (Lipinski definition) is 7. The molecule has 41 heavy (non-hydrogen) atoms. The lowest BCUT2D eigenvalue weighted by molar-refractivity contribution is -0.0893. The molecule has 1 aromatic heterocycles. The van der Waals surface area contributed by atoms with Gasteiger partial charge in [-0.25, -0.2) is 4.98 Å². The Bertz CT molecular complexity index is 1340. The summed E-state index contributed by atoms with van der Waals surface area (Å²) in [6.45, 7) is 4.07. The molecule has 2 N–H and O–H groups in total. The number of ketones is 1. The highest BCUT2D eigenvalue weighted by atomic mass is 16.5. The molecule has 0 radical (unpaired) electrons. The van der Waals surface area contributed by atoms with Crippen LogP contribution >= 0.6 is 0 Å². The number of nitrogens with one attached hydrogen (secondary N) is 1. The van der Waals surface area contributed by atoms with E-state index in [0.29, 0.717) is 56.1 Å². The third-order valence-electron chi connectivity index (χ3n) is 8.30. The Morgan fingerprint density at radius 3 is 2.76 bits per heavy atom. The van der Waals surface area contributed by atoms with Gasteiger partial charge in [0, 0.05) is 50.3 Å². The van der Waals surface area contributed by atoms with Crippen molar-refractivity contribution in [3.63, 3.8) is 0 Å². The maximum atomic E-state index is 14.2. The number of carbonyl (C=O) groups excluding carboxylic acids is 2. The van der Waals surface area contributed by atoms with Gasteiger partial charge in [-0.1, -0.05) is 55.3 Å². The number of aliphatic hydroxyl groups is 1. The number of amides is 1. The number of methoxy groups -OCH3 is 1. The maximum absolute atomic E-state index is 14.2. The van der Waals surface area contributed by atoms with E-state index in [0.717, 1.165) is 30.5 Å². The van der Waals surface area contributed by atoms with Crippen molar-refractivity contribution in [3.8, 4) is 17.0 Å². The van der Waals surface area contributed by atoms with E-state index < -0.39 is 5.60 Å². The minimum Gasteiger partial charge on any atom is -0.493 e. The lowest BCUT2D eigenvalue weighted by Gasteiger charge is -2.41. The van der Waals surface area contributed by atoms with Crippen molar-refractivity contribution in [2.75, 3.05) is 40.0 Å². The number of Topliss-reactive ketones (excluding diaryl/α,β-unsaturated/α-hetero) is 1. The quantitative estimate of drug-likeness (QED) is 0.359. The van der Waals surface area contributed by atoms with E-state index in [2.05, 4.69) is 5.32 Å². The number of piperazine rings is 1. The van der Waals surface area contributed by atoms with Crippen LogP contribution in [-0.4, -0.2) is 82.8 Å². The predicted molar refractivity (Wildman–Crippen MR) is 156 cm³/mol. The van der Waals surface area contributed by atoms with E-state index in [1.54, 1.807) is 25.6 Å². The lowest BCUT2D eigenvalue weighted by atomic mass is 9.80. The molecule has 9 heteroatoms. The Morgan fingerprint density at radius 2 is 1.98 bits per heavy atom. The zero-order valence-corrected chi connectivity index (χ0v) is 23.9. The van der Waals surface area contributed by atoms with Gasteiger partial charge >= 0.3 is 0 Å². The van der Waals surface area contributed by atoms with Gasteiger partial charge in [0.1, 0.15) is 11.4 Å². The Kier molecular flexibility index (Phi) is 9.17. The summed E-state index contributed by atoms with van der Waals surface area (Å²) >= 11 is 0. The standard InChI is InChI=1S/C32H40N4O5/c1-23(37)25-11-8-12-27(19-25)41-18-14-26-20-33-16-17-35(26)31(38)29-30(24-9-4-3-5-10-24)36(22-34-29)28-13-6-7-15-32(28,39)21-40-2/h3-5,8-12,19,22,26,28,33,39H,6-7,13-18,20-21H2,1-2H3/t26-,28-,32-/m1/s1. The van der Waals surface area contributed by atoms with Crippen LogP contribution < -0.4 is 10.1 Å².